The van der Waals surface area contributed by atoms with E-state index in [0.717, 1.165) is 35.3 Å². The molecule has 1 heterocycles. The van der Waals surface area contributed by atoms with Gasteiger partial charge >= 0.3 is 0 Å². The number of hydrogen-bond donors (Lipinski definition) is 2. The second-order valence-electron chi connectivity index (χ2n) is 7.25. The maximum Gasteiger partial charge on any atom is 0.124 e. The molecule has 0 radical (unpaired) electrons. The van der Waals surface area contributed by atoms with Gasteiger partial charge in [0.25, 0.3) is 0 Å². The SMILES string of the molecule is Cc1ccccc1COc1ccc(Br)cc1CNCCc1c[nH]c2ccccc12. The molecule has 29 heavy (non-hydrogen) atoms. The molecule has 4 rings (SSSR count). The van der Waals surface area contributed by atoms with E-state index in [0.29, 0.717) is 6.61 Å². The summed E-state index contributed by atoms with van der Waals surface area (Å²) < 4.78 is 7.22. The third kappa shape index (κ3) is 4.89. The van der Waals surface area contributed by atoms with Crippen LogP contribution in [0.2, 0.25) is 0 Å². The van der Waals surface area contributed by atoms with Crippen LogP contribution in [0.4, 0.5) is 0 Å². The van der Waals surface area contributed by atoms with Crippen LogP contribution in [-0.2, 0) is 19.6 Å². The van der Waals surface area contributed by atoms with Crippen LogP contribution in [0.25, 0.3) is 10.9 Å². The molecule has 0 spiro atoms. The summed E-state index contributed by atoms with van der Waals surface area (Å²) in [4.78, 5) is 3.35. The number of nitrogens with one attached hydrogen (secondary N) is 2. The van der Waals surface area contributed by atoms with Crippen molar-refractivity contribution >= 4 is 26.8 Å². The van der Waals surface area contributed by atoms with Gasteiger partial charge in [-0.2, -0.15) is 0 Å². The Morgan fingerprint density at radius 1 is 0.931 bits per heavy atom. The first-order chi connectivity index (χ1) is 14.2. The van der Waals surface area contributed by atoms with Crippen molar-refractivity contribution in [1.82, 2.24) is 10.3 Å². The highest BCUT2D eigenvalue weighted by Crippen LogP contribution is 2.25. The van der Waals surface area contributed by atoms with Crippen molar-refractivity contribution < 1.29 is 4.74 Å². The van der Waals surface area contributed by atoms with E-state index in [1.165, 1.54) is 27.6 Å². The molecular formula is C25H25BrN2O. The minimum absolute atomic E-state index is 0.580. The van der Waals surface area contributed by atoms with Gasteiger partial charge in [0.05, 0.1) is 0 Å². The first-order valence-corrected chi connectivity index (χ1v) is 10.7. The number of aromatic amines is 1. The number of para-hydroxylation sites is 1. The molecule has 0 unspecified atom stereocenters. The van der Waals surface area contributed by atoms with Crippen LogP contribution >= 0.6 is 15.9 Å². The monoisotopic (exact) mass is 448 g/mol. The van der Waals surface area contributed by atoms with E-state index in [1.54, 1.807) is 0 Å². The minimum Gasteiger partial charge on any atom is -0.489 e. The molecule has 0 atom stereocenters. The van der Waals surface area contributed by atoms with Crippen molar-refractivity contribution in [3.05, 3.63) is 99.7 Å². The van der Waals surface area contributed by atoms with E-state index in [4.69, 9.17) is 4.74 Å². The topological polar surface area (TPSA) is 37.0 Å². The molecule has 0 fully saturated rings. The van der Waals surface area contributed by atoms with E-state index < -0.39 is 0 Å². The van der Waals surface area contributed by atoms with E-state index >= 15 is 0 Å². The largest absolute Gasteiger partial charge is 0.489 e. The summed E-state index contributed by atoms with van der Waals surface area (Å²) in [5.41, 5.74) is 6.17. The van der Waals surface area contributed by atoms with Gasteiger partial charge in [0.2, 0.25) is 0 Å². The molecule has 0 amide bonds. The quantitative estimate of drug-likeness (QED) is 0.317. The average Bonchev–Trinajstić information content (AvgIpc) is 3.15. The molecule has 0 bridgehead atoms. The molecule has 4 aromatic rings. The number of halogens is 1. The summed E-state index contributed by atoms with van der Waals surface area (Å²) in [5, 5.41) is 4.87. The molecule has 4 heteroatoms. The Morgan fingerprint density at radius 2 is 1.76 bits per heavy atom. The van der Waals surface area contributed by atoms with E-state index in [2.05, 4.69) is 93.9 Å². The fourth-order valence-corrected chi connectivity index (χ4v) is 3.95. The Labute approximate surface area is 180 Å². The van der Waals surface area contributed by atoms with Crippen LogP contribution in [-0.4, -0.2) is 11.5 Å². The summed E-state index contributed by atoms with van der Waals surface area (Å²) in [6, 6.07) is 23.0. The van der Waals surface area contributed by atoms with Gasteiger partial charge in [0.15, 0.2) is 0 Å². The highest BCUT2D eigenvalue weighted by Gasteiger charge is 2.07. The molecule has 1 aromatic heterocycles. The van der Waals surface area contributed by atoms with E-state index in [1.807, 2.05) is 12.1 Å². The van der Waals surface area contributed by atoms with Crippen molar-refractivity contribution in [2.45, 2.75) is 26.5 Å². The summed E-state index contributed by atoms with van der Waals surface area (Å²) in [6.45, 7) is 4.38. The van der Waals surface area contributed by atoms with Crippen molar-refractivity contribution in [3.63, 3.8) is 0 Å². The highest BCUT2D eigenvalue weighted by atomic mass is 79.9. The van der Waals surface area contributed by atoms with Crippen molar-refractivity contribution in [3.8, 4) is 5.75 Å². The predicted molar refractivity (Wildman–Crippen MR) is 123 cm³/mol. The van der Waals surface area contributed by atoms with E-state index in [9.17, 15) is 0 Å². The normalized spacial score (nSPS) is 11.1. The molecule has 0 saturated carbocycles. The number of ether oxygens (including phenoxy) is 1. The first-order valence-electron chi connectivity index (χ1n) is 9.92. The van der Waals surface area contributed by atoms with Gasteiger partial charge in [-0.1, -0.05) is 58.4 Å². The fraction of sp³-hybridized carbons (Fsp3) is 0.200. The lowest BCUT2D eigenvalue weighted by atomic mass is 10.1. The van der Waals surface area contributed by atoms with Crippen LogP contribution in [0.5, 0.6) is 5.75 Å². The molecule has 148 valence electrons. The Kier molecular flexibility index (Phi) is 6.33. The van der Waals surface area contributed by atoms with Crippen LogP contribution < -0.4 is 10.1 Å². The first kappa shape index (κ1) is 19.7. The van der Waals surface area contributed by atoms with Gasteiger partial charge in [-0.25, -0.2) is 0 Å². The Balaban J connectivity index is 1.36. The Bertz CT molecular complexity index is 1100. The summed E-state index contributed by atoms with van der Waals surface area (Å²) in [5.74, 6) is 0.927. The zero-order valence-electron chi connectivity index (χ0n) is 16.5. The number of aromatic nitrogens is 1. The van der Waals surface area contributed by atoms with Crippen molar-refractivity contribution in [2.24, 2.45) is 0 Å². The minimum atomic E-state index is 0.580. The summed E-state index contributed by atoms with van der Waals surface area (Å²) in [6.07, 6.45) is 3.10. The molecule has 0 aliphatic heterocycles. The second-order valence-corrected chi connectivity index (χ2v) is 8.17. The molecule has 0 aliphatic rings. The lowest BCUT2D eigenvalue weighted by Crippen LogP contribution is -2.17. The van der Waals surface area contributed by atoms with Gasteiger partial charge in [-0.15, -0.1) is 0 Å². The molecule has 2 N–H and O–H groups in total. The number of benzene rings is 3. The lowest BCUT2D eigenvalue weighted by Gasteiger charge is -2.14. The van der Waals surface area contributed by atoms with E-state index in [-0.39, 0.29) is 0 Å². The third-order valence-electron chi connectivity index (χ3n) is 5.23. The van der Waals surface area contributed by atoms with Gasteiger partial charge in [0, 0.05) is 33.7 Å². The smallest absolute Gasteiger partial charge is 0.124 e. The summed E-state index contributed by atoms with van der Waals surface area (Å²) >= 11 is 3.58. The van der Waals surface area contributed by atoms with Gasteiger partial charge < -0.3 is 15.0 Å². The number of fused-ring (bicyclic) bond motifs is 1. The predicted octanol–water partition coefficient (Wildman–Crippen LogP) is 6.15. The maximum atomic E-state index is 6.15. The Morgan fingerprint density at radius 3 is 2.66 bits per heavy atom. The van der Waals surface area contributed by atoms with Crippen molar-refractivity contribution in [2.75, 3.05) is 6.54 Å². The molecule has 3 aromatic carbocycles. The molecule has 0 saturated heterocycles. The van der Waals surface area contributed by atoms with Gasteiger partial charge in [-0.3, -0.25) is 0 Å². The lowest BCUT2D eigenvalue weighted by molar-refractivity contribution is 0.301. The van der Waals surface area contributed by atoms with Gasteiger partial charge in [0.1, 0.15) is 12.4 Å². The second kappa shape index (κ2) is 9.29. The zero-order chi connectivity index (χ0) is 20.1. The van der Waals surface area contributed by atoms with Gasteiger partial charge in [-0.05, 0) is 60.8 Å². The molecule has 0 aliphatic carbocycles. The molecular weight excluding hydrogens is 424 g/mol. The number of hydrogen-bond acceptors (Lipinski definition) is 2. The van der Waals surface area contributed by atoms with Crippen LogP contribution in [0.1, 0.15) is 22.3 Å². The summed E-state index contributed by atoms with van der Waals surface area (Å²) in [7, 11) is 0. The molecule has 3 nitrogen and oxygen atoms in total. The van der Waals surface area contributed by atoms with Crippen LogP contribution in [0.15, 0.2) is 77.4 Å². The Hall–Kier alpha value is -2.56. The highest BCUT2D eigenvalue weighted by molar-refractivity contribution is 9.10. The number of aryl methyl sites for hydroxylation is 1. The van der Waals surface area contributed by atoms with Crippen LogP contribution in [0.3, 0.4) is 0 Å². The van der Waals surface area contributed by atoms with Crippen molar-refractivity contribution in [1.29, 1.82) is 0 Å². The standard InChI is InChI=1S/C25H25BrN2O/c1-18-6-2-3-7-20(18)17-29-25-11-10-22(26)14-21(25)15-27-13-12-19-16-28-24-9-5-4-8-23(19)24/h2-11,14,16,27-28H,12-13,15,17H2,1H3. The number of H-pyrrole nitrogens is 1. The third-order valence-corrected chi connectivity index (χ3v) is 5.72. The number of rotatable bonds is 8. The fourth-order valence-electron chi connectivity index (χ4n) is 3.54. The maximum absolute atomic E-state index is 6.15. The van der Waals surface area contributed by atoms with Crippen LogP contribution in [0, 0.1) is 6.92 Å². The zero-order valence-corrected chi connectivity index (χ0v) is 18.1. The average molecular weight is 449 g/mol.